The van der Waals surface area contributed by atoms with Gasteiger partial charge in [0.05, 0.1) is 5.02 Å². The van der Waals surface area contributed by atoms with E-state index in [1.54, 1.807) is 12.1 Å². The maximum absolute atomic E-state index is 13.3. The summed E-state index contributed by atoms with van der Waals surface area (Å²) < 4.78 is 13.3. The van der Waals surface area contributed by atoms with Gasteiger partial charge in [0.25, 0.3) is 0 Å². The Bertz CT molecular complexity index is 353. The highest BCUT2D eigenvalue weighted by molar-refractivity contribution is 6.30. The van der Waals surface area contributed by atoms with Crippen molar-refractivity contribution < 1.29 is 4.39 Å². The van der Waals surface area contributed by atoms with E-state index in [4.69, 9.17) is 11.6 Å². The number of nitrogens with one attached hydrogen (secondary N) is 1. The highest BCUT2D eigenvalue weighted by atomic mass is 35.5. The van der Waals surface area contributed by atoms with Crippen LogP contribution in [0.2, 0.25) is 5.02 Å². The van der Waals surface area contributed by atoms with Crippen molar-refractivity contribution in [3.8, 4) is 0 Å². The van der Waals surface area contributed by atoms with Gasteiger partial charge in [0.1, 0.15) is 5.82 Å². The molecule has 0 aromatic heterocycles. The first-order chi connectivity index (χ1) is 7.16. The molecule has 1 aromatic carbocycles. The lowest BCUT2D eigenvalue weighted by molar-refractivity contribution is 0.380. The van der Waals surface area contributed by atoms with Crippen molar-refractivity contribution in [1.29, 1.82) is 0 Å². The predicted octanol–water partition coefficient (Wildman–Crippen LogP) is 3.33. The zero-order valence-corrected chi connectivity index (χ0v) is 9.52. The van der Waals surface area contributed by atoms with Gasteiger partial charge in [-0.1, -0.05) is 17.7 Å². The maximum Gasteiger partial charge on any atom is 0.142 e. The molecule has 15 heavy (non-hydrogen) atoms. The van der Waals surface area contributed by atoms with Gasteiger partial charge < -0.3 is 5.32 Å². The Morgan fingerprint density at radius 2 is 2.27 bits per heavy atom. The van der Waals surface area contributed by atoms with E-state index >= 15 is 0 Å². The summed E-state index contributed by atoms with van der Waals surface area (Å²) >= 11 is 5.66. The molecule has 2 unspecified atom stereocenters. The number of rotatable bonds is 1. The molecule has 0 saturated carbocycles. The molecule has 1 aliphatic rings. The largest absolute Gasteiger partial charge is 0.314 e. The first kappa shape index (κ1) is 10.9. The van der Waals surface area contributed by atoms with Crippen LogP contribution in [0, 0.1) is 5.82 Å². The second-order valence-corrected chi connectivity index (χ2v) is 4.66. The van der Waals surface area contributed by atoms with Crippen LogP contribution in [0.15, 0.2) is 18.2 Å². The summed E-state index contributed by atoms with van der Waals surface area (Å²) in [7, 11) is 0. The SMILES string of the molecule is CC1CC(c2ccc(Cl)c(F)c2)CCN1. The molecule has 0 radical (unpaired) electrons. The minimum atomic E-state index is -0.305. The van der Waals surface area contributed by atoms with Gasteiger partial charge in [0, 0.05) is 6.04 Å². The molecule has 1 saturated heterocycles. The van der Waals surface area contributed by atoms with E-state index in [2.05, 4.69) is 12.2 Å². The molecule has 82 valence electrons. The van der Waals surface area contributed by atoms with Crippen LogP contribution in [-0.2, 0) is 0 Å². The molecule has 3 heteroatoms. The number of piperidine rings is 1. The van der Waals surface area contributed by atoms with Gasteiger partial charge in [-0.2, -0.15) is 0 Å². The standard InChI is InChI=1S/C12H15ClFN/c1-8-6-10(4-5-15-8)9-2-3-11(13)12(14)7-9/h2-3,7-8,10,15H,4-6H2,1H3. The summed E-state index contributed by atoms with van der Waals surface area (Å²) in [5.74, 6) is 0.161. The quantitative estimate of drug-likeness (QED) is 0.776. The van der Waals surface area contributed by atoms with Gasteiger partial charge in [0.15, 0.2) is 0 Å². The molecule has 1 N–H and O–H groups in total. The summed E-state index contributed by atoms with van der Waals surface area (Å²) in [5.41, 5.74) is 1.07. The molecule has 1 aromatic rings. The van der Waals surface area contributed by atoms with Crippen LogP contribution < -0.4 is 5.32 Å². The number of hydrogen-bond acceptors (Lipinski definition) is 1. The average molecular weight is 228 g/mol. The van der Waals surface area contributed by atoms with Crippen LogP contribution in [0.1, 0.15) is 31.2 Å². The Hall–Kier alpha value is -0.600. The molecular formula is C12H15ClFN. The molecule has 1 fully saturated rings. The van der Waals surface area contributed by atoms with Crippen molar-refractivity contribution in [1.82, 2.24) is 5.32 Å². The van der Waals surface area contributed by atoms with E-state index in [0.717, 1.165) is 24.9 Å². The van der Waals surface area contributed by atoms with Gasteiger partial charge in [-0.15, -0.1) is 0 Å². The fourth-order valence-electron chi connectivity index (χ4n) is 2.20. The van der Waals surface area contributed by atoms with E-state index in [1.165, 1.54) is 0 Å². The first-order valence-corrected chi connectivity index (χ1v) is 5.73. The lowest BCUT2D eigenvalue weighted by atomic mass is 9.87. The van der Waals surface area contributed by atoms with Crippen LogP contribution in [-0.4, -0.2) is 12.6 Å². The van der Waals surface area contributed by atoms with Crippen LogP contribution in [0.3, 0.4) is 0 Å². The number of hydrogen-bond donors (Lipinski definition) is 1. The molecule has 0 amide bonds. The van der Waals surface area contributed by atoms with E-state index in [-0.39, 0.29) is 10.8 Å². The molecular weight excluding hydrogens is 213 g/mol. The van der Waals surface area contributed by atoms with Crippen LogP contribution >= 0.6 is 11.6 Å². The van der Waals surface area contributed by atoms with E-state index in [1.807, 2.05) is 6.07 Å². The van der Waals surface area contributed by atoms with Gasteiger partial charge in [-0.3, -0.25) is 0 Å². The van der Waals surface area contributed by atoms with Crippen molar-refractivity contribution in [3.63, 3.8) is 0 Å². The summed E-state index contributed by atoms with van der Waals surface area (Å²) in [4.78, 5) is 0. The maximum atomic E-state index is 13.3. The normalized spacial score (nSPS) is 26.6. The third kappa shape index (κ3) is 2.50. The van der Waals surface area contributed by atoms with Crippen LogP contribution in [0.5, 0.6) is 0 Å². The lowest BCUT2D eigenvalue weighted by Crippen LogP contribution is -2.34. The van der Waals surface area contributed by atoms with E-state index < -0.39 is 0 Å². The van der Waals surface area contributed by atoms with E-state index in [9.17, 15) is 4.39 Å². The van der Waals surface area contributed by atoms with E-state index in [0.29, 0.717) is 12.0 Å². The Morgan fingerprint density at radius 3 is 2.93 bits per heavy atom. The number of benzene rings is 1. The lowest BCUT2D eigenvalue weighted by Gasteiger charge is -2.28. The Kier molecular flexibility index (Phi) is 3.27. The zero-order valence-electron chi connectivity index (χ0n) is 8.76. The van der Waals surface area contributed by atoms with Gasteiger partial charge in [-0.05, 0) is 49.9 Å². The van der Waals surface area contributed by atoms with Crippen molar-refractivity contribution in [2.75, 3.05) is 6.54 Å². The van der Waals surface area contributed by atoms with Crippen LogP contribution in [0.4, 0.5) is 4.39 Å². The monoisotopic (exact) mass is 227 g/mol. The predicted molar refractivity (Wildman–Crippen MR) is 60.8 cm³/mol. The van der Waals surface area contributed by atoms with Gasteiger partial charge in [0.2, 0.25) is 0 Å². The summed E-state index contributed by atoms with van der Waals surface area (Å²) in [6.45, 7) is 3.18. The first-order valence-electron chi connectivity index (χ1n) is 5.35. The zero-order chi connectivity index (χ0) is 10.8. The topological polar surface area (TPSA) is 12.0 Å². The van der Waals surface area contributed by atoms with Gasteiger partial charge in [-0.25, -0.2) is 4.39 Å². The second-order valence-electron chi connectivity index (χ2n) is 4.25. The minimum Gasteiger partial charge on any atom is -0.314 e. The Morgan fingerprint density at radius 1 is 1.47 bits per heavy atom. The fraction of sp³-hybridized carbons (Fsp3) is 0.500. The smallest absolute Gasteiger partial charge is 0.142 e. The second kappa shape index (κ2) is 4.50. The summed E-state index contributed by atoms with van der Waals surface area (Å²) in [5, 5.41) is 3.60. The molecule has 2 rings (SSSR count). The fourth-order valence-corrected chi connectivity index (χ4v) is 2.32. The average Bonchev–Trinajstić information content (AvgIpc) is 2.22. The Labute approximate surface area is 94.6 Å². The molecule has 1 aliphatic heterocycles. The molecule has 0 bridgehead atoms. The summed E-state index contributed by atoms with van der Waals surface area (Å²) in [6, 6.07) is 5.68. The number of halogens is 2. The molecule has 1 heterocycles. The third-order valence-corrected chi connectivity index (χ3v) is 3.35. The van der Waals surface area contributed by atoms with Crippen molar-refractivity contribution in [2.45, 2.75) is 31.7 Å². The summed E-state index contributed by atoms with van der Waals surface area (Å²) in [6.07, 6.45) is 2.15. The van der Waals surface area contributed by atoms with Crippen molar-refractivity contribution in [3.05, 3.63) is 34.6 Å². The van der Waals surface area contributed by atoms with Gasteiger partial charge >= 0.3 is 0 Å². The molecule has 0 spiro atoms. The highest BCUT2D eigenvalue weighted by Crippen LogP contribution is 2.29. The Balaban J connectivity index is 2.18. The molecule has 0 aliphatic carbocycles. The minimum absolute atomic E-state index is 0.209. The van der Waals surface area contributed by atoms with Crippen molar-refractivity contribution in [2.24, 2.45) is 0 Å². The van der Waals surface area contributed by atoms with Crippen LogP contribution in [0.25, 0.3) is 0 Å². The molecule has 2 atom stereocenters. The third-order valence-electron chi connectivity index (χ3n) is 3.04. The molecule has 1 nitrogen and oxygen atoms in total. The van der Waals surface area contributed by atoms with Crippen molar-refractivity contribution >= 4 is 11.6 Å². The highest BCUT2D eigenvalue weighted by Gasteiger charge is 2.20.